The molecule has 0 spiro atoms. The van der Waals surface area contributed by atoms with E-state index in [1.54, 1.807) is 12.5 Å². The molecule has 0 unspecified atom stereocenters. The van der Waals surface area contributed by atoms with E-state index in [0.29, 0.717) is 0 Å². The molecule has 2 aromatic rings. The van der Waals surface area contributed by atoms with Crippen LogP contribution in [0.15, 0.2) is 43.0 Å². The number of carbonyl (C=O) groups excluding carboxylic acids is 1. The molecule has 0 radical (unpaired) electrons. The molecule has 3 rings (SSSR count). The van der Waals surface area contributed by atoms with E-state index in [-0.39, 0.29) is 30.7 Å². The molecule has 1 saturated heterocycles. The Morgan fingerprint density at radius 2 is 1.68 bits per heavy atom. The summed E-state index contributed by atoms with van der Waals surface area (Å²) in [7, 11) is 2.09. The maximum absolute atomic E-state index is 12.4. The molecular weight excluding hydrogens is 323 g/mol. The summed E-state index contributed by atoms with van der Waals surface area (Å²) in [6, 6.07) is 7.67. The zero-order valence-corrected chi connectivity index (χ0v) is 14.0. The van der Waals surface area contributed by atoms with Crippen LogP contribution in [0.25, 0.3) is 5.69 Å². The van der Waals surface area contributed by atoms with Gasteiger partial charge in [0.25, 0.3) is 5.91 Å². The van der Waals surface area contributed by atoms with Crippen LogP contribution in [0.5, 0.6) is 0 Å². The van der Waals surface area contributed by atoms with Gasteiger partial charge in [0.1, 0.15) is 0 Å². The van der Waals surface area contributed by atoms with Crippen molar-refractivity contribution < 1.29 is 4.79 Å². The Morgan fingerprint density at radius 1 is 1.05 bits per heavy atom. The SMILES string of the molecule is CN1CCN(C(=O)c2ccc(-n3ccnc3)cc2)CC1.Cl.Cl. The Labute approximate surface area is 142 Å². The van der Waals surface area contributed by atoms with E-state index >= 15 is 0 Å². The van der Waals surface area contributed by atoms with Crippen LogP contribution in [0.1, 0.15) is 10.4 Å². The monoisotopic (exact) mass is 342 g/mol. The van der Waals surface area contributed by atoms with Crippen molar-refractivity contribution in [2.24, 2.45) is 0 Å². The number of hydrogen-bond acceptors (Lipinski definition) is 3. The van der Waals surface area contributed by atoms with E-state index in [9.17, 15) is 4.79 Å². The number of halogens is 2. The number of likely N-dealkylation sites (N-methyl/N-ethyl adjacent to an activating group) is 1. The second kappa shape index (κ2) is 8.17. The van der Waals surface area contributed by atoms with E-state index in [0.717, 1.165) is 37.4 Å². The molecule has 0 aliphatic carbocycles. The zero-order chi connectivity index (χ0) is 13.9. The third-order valence-corrected chi connectivity index (χ3v) is 3.71. The van der Waals surface area contributed by atoms with Gasteiger partial charge in [-0.1, -0.05) is 0 Å². The molecule has 2 heterocycles. The molecule has 1 aromatic carbocycles. The minimum Gasteiger partial charge on any atom is -0.336 e. The molecule has 1 aliphatic heterocycles. The van der Waals surface area contributed by atoms with Crippen molar-refractivity contribution in [2.75, 3.05) is 33.2 Å². The van der Waals surface area contributed by atoms with Gasteiger partial charge in [-0.2, -0.15) is 0 Å². The molecule has 0 N–H and O–H groups in total. The fraction of sp³-hybridized carbons (Fsp3) is 0.333. The summed E-state index contributed by atoms with van der Waals surface area (Å²) in [6.45, 7) is 3.49. The third-order valence-electron chi connectivity index (χ3n) is 3.71. The number of rotatable bonds is 2. The van der Waals surface area contributed by atoms with Gasteiger partial charge in [0.15, 0.2) is 0 Å². The Kier molecular flexibility index (Phi) is 6.87. The van der Waals surface area contributed by atoms with Crippen LogP contribution in [0.3, 0.4) is 0 Å². The van der Waals surface area contributed by atoms with Gasteiger partial charge in [-0.25, -0.2) is 4.98 Å². The average Bonchev–Trinajstić information content (AvgIpc) is 3.02. The van der Waals surface area contributed by atoms with Crippen LogP contribution in [0, 0.1) is 0 Å². The standard InChI is InChI=1S/C15H18N4O.2ClH/c1-17-8-10-18(11-9-17)15(20)13-2-4-14(5-3-13)19-7-6-16-12-19;;/h2-7,12H,8-11H2,1H3;2*1H. The molecule has 120 valence electrons. The summed E-state index contributed by atoms with van der Waals surface area (Å²) >= 11 is 0. The number of nitrogens with zero attached hydrogens (tertiary/aromatic N) is 4. The van der Waals surface area contributed by atoms with Gasteiger partial charge in [-0.15, -0.1) is 24.8 Å². The Bertz CT molecular complexity index is 578. The number of hydrogen-bond donors (Lipinski definition) is 0. The van der Waals surface area contributed by atoms with Crippen molar-refractivity contribution in [3.63, 3.8) is 0 Å². The molecular formula is C15H20Cl2N4O. The van der Waals surface area contributed by atoms with Crippen LogP contribution in [0.2, 0.25) is 0 Å². The van der Waals surface area contributed by atoms with Crippen LogP contribution in [0.4, 0.5) is 0 Å². The van der Waals surface area contributed by atoms with Gasteiger partial charge in [0.05, 0.1) is 6.33 Å². The molecule has 0 saturated carbocycles. The van der Waals surface area contributed by atoms with Crippen molar-refractivity contribution in [1.82, 2.24) is 19.4 Å². The van der Waals surface area contributed by atoms with Crippen LogP contribution >= 0.6 is 24.8 Å². The van der Waals surface area contributed by atoms with Crippen molar-refractivity contribution in [3.05, 3.63) is 48.5 Å². The number of benzene rings is 1. The van der Waals surface area contributed by atoms with Gasteiger partial charge < -0.3 is 14.4 Å². The average molecular weight is 343 g/mol. The van der Waals surface area contributed by atoms with Crippen molar-refractivity contribution in [1.29, 1.82) is 0 Å². The van der Waals surface area contributed by atoms with Crippen molar-refractivity contribution >= 4 is 30.7 Å². The summed E-state index contributed by atoms with van der Waals surface area (Å²) in [5.74, 6) is 0.121. The van der Waals surface area contributed by atoms with E-state index in [2.05, 4.69) is 16.9 Å². The summed E-state index contributed by atoms with van der Waals surface area (Å²) in [5.41, 5.74) is 1.76. The first kappa shape index (κ1) is 18.5. The van der Waals surface area contributed by atoms with E-state index in [1.165, 1.54) is 0 Å². The molecule has 0 bridgehead atoms. The summed E-state index contributed by atoms with van der Waals surface area (Å²) in [4.78, 5) is 20.6. The number of imidazole rings is 1. The lowest BCUT2D eigenvalue weighted by Gasteiger charge is -2.32. The van der Waals surface area contributed by atoms with Crippen molar-refractivity contribution in [3.8, 4) is 5.69 Å². The van der Waals surface area contributed by atoms with E-state index in [4.69, 9.17) is 0 Å². The summed E-state index contributed by atoms with van der Waals surface area (Å²) in [5, 5.41) is 0. The van der Waals surface area contributed by atoms with Crippen LogP contribution < -0.4 is 0 Å². The van der Waals surface area contributed by atoms with E-state index < -0.39 is 0 Å². The number of aromatic nitrogens is 2. The first-order valence-corrected chi connectivity index (χ1v) is 6.80. The largest absolute Gasteiger partial charge is 0.336 e. The molecule has 1 amide bonds. The minimum absolute atomic E-state index is 0. The molecule has 1 aliphatic rings. The van der Waals surface area contributed by atoms with Gasteiger partial charge in [-0.3, -0.25) is 4.79 Å². The van der Waals surface area contributed by atoms with Gasteiger partial charge in [0, 0.05) is 49.8 Å². The van der Waals surface area contributed by atoms with Gasteiger partial charge in [-0.05, 0) is 31.3 Å². The smallest absolute Gasteiger partial charge is 0.253 e. The highest BCUT2D eigenvalue weighted by Gasteiger charge is 2.20. The second-order valence-electron chi connectivity index (χ2n) is 5.11. The molecule has 1 fully saturated rings. The summed E-state index contributed by atoms with van der Waals surface area (Å²) < 4.78 is 1.92. The maximum Gasteiger partial charge on any atom is 0.253 e. The highest BCUT2D eigenvalue weighted by Crippen LogP contribution is 2.12. The summed E-state index contributed by atoms with van der Waals surface area (Å²) in [6.07, 6.45) is 5.37. The number of piperazine rings is 1. The predicted molar refractivity (Wildman–Crippen MR) is 91.5 cm³/mol. The fourth-order valence-corrected chi connectivity index (χ4v) is 2.38. The van der Waals surface area contributed by atoms with Crippen molar-refractivity contribution in [2.45, 2.75) is 0 Å². The van der Waals surface area contributed by atoms with Crippen LogP contribution in [-0.4, -0.2) is 58.5 Å². The van der Waals surface area contributed by atoms with E-state index in [1.807, 2.05) is 39.9 Å². The third kappa shape index (κ3) is 4.00. The normalized spacial score (nSPS) is 14.9. The van der Waals surface area contributed by atoms with Gasteiger partial charge >= 0.3 is 0 Å². The lowest BCUT2D eigenvalue weighted by atomic mass is 10.1. The lowest BCUT2D eigenvalue weighted by Crippen LogP contribution is -2.47. The minimum atomic E-state index is 0. The molecule has 1 aromatic heterocycles. The quantitative estimate of drug-likeness (QED) is 0.839. The zero-order valence-electron chi connectivity index (χ0n) is 12.4. The topological polar surface area (TPSA) is 41.4 Å². The Hall–Kier alpha value is -1.56. The first-order chi connectivity index (χ1) is 9.74. The van der Waals surface area contributed by atoms with Gasteiger partial charge in [0.2, 0.25) is 0 Å². The molecule has 5 nitrogen and oxygen atoms in total. The molecule has 22 heavy (non-hydrogen) atoms. The first-order valence-electron chi connectivity index (χ1n) is 6.80. The fourth-order valence-electron chi connectivity index (χ4n) is 2.38. The molecule has 0 atom stereocenters. The number of amides is 1. The Balaban J connectivity index is 0.00000121. The number of carbonyl (C=O) groups is 1. The highest BCUT2D eigenvalue weighted by atomic mass is 35.5. The highest BCUT2D eigenvalue weighted by molar-refractivity contribution is 5.94. The molecule has 7 heteroatoms. The maximum atomic E-state index is 12.4. The lowest BCUT2D eigenvalue weighted by molar-refractivity contribution is 0.0664. The predicted octanol–water partition coefficient (Wildman–Crippen LogP) is 2.10. The Morgan fingerprint density at radius 3 is 2.23 bits per heavy atom. The van der Waals surface area contributed by atoms with Crippen LogP contribution in [-0.2, 0) is 0 Å². The second-order valence-corrected chi connectivity index (χ2v) is 5.11.